The Morgan fingerprint density at radius 2 is 1.97 bits per heavy atom. The van der Waals surface area contributed by atoms with Crippen molar-refractivity contribution in [1.82, 2.24) is 20.1 Å². The molecule has 3 heterocycles. The predicted molar refractivity (Wildman–Crippen MR) is 114 cm³/mol. The minimum Gasteiger partial charge on any atom is -0.459 e. The highest BCUT2D eigenvalue weighted by Gasteiger charge is 2.25. The van der Waals surface area contributed by atoms with E-state index in [1.54, 1.807) is 18.3 Å². The van der Waals surface area contributed by atoms with E-state index in [0.717, 1.165) is 57.3 Å². The third-order valence-electron chi connectivity index (χ3n) is 4.75. The molecule has 156 valence electrons. The summed E-state index contributed by atoms with van der Waals surface area (Å²) in [5, 5.41) is 6.69. The average Bonchev–Trinajstić information content (AvgIpc) is 3.31. The normalized spacial score (nSPS) is 14.7. The molecule has 1 amide bonds. The maximum atomic E-state index is 12.4. The van der Waals surface area contributed by atoms with Crippen molar-refractivity contribution in [3.05, 3.63) is 48.6 Å². The van der Waals surface area contributed by atoms with Gasteiger partial charge in [0.15, 0.2) is 11.7 Å². The fourth-order valence-electron chi connectivity index (χ4n) is 3.21. The topological polar surface area (TPSA) is 86.0 Å². The number of hydrogen-bond acceptors (Lipinski definition) is 5. The van der Waals surface area contributed by atoms with Crippen molar-refractivity contribution in [2.75, 3.05) is 51.1 Å². The van der Waals surface area contributed by atoms with E-state index in [2.05, 4.69) is 27.4 Å². The van der Waals surface area contributed by atoms with Gasteiger partial charge in [0.2, 0.25) is 0 Å². The third kappa shape index (κ3) is 6.23. The summed E-state index contributed by atoms with van der Waals surface area (Å²) in [6, 6.07) is 9.31. The van der Waals surface area contributed by atoms with Crippen molar-refractivity contribution >= 4 is 17.7 Å². The smallest absolute Gasteiger partial charge is 0.289 e. The lowest BCUT2D eigenvalue weighted by Crippen LogP contribution is -2.53. The average molecular weight is 399 g/mol. The van der Waals surface area contributed by atoms with Gasteiger partial charge in [0.05, 0.1) is 6.26 Å². The lowest BCUT2D eigenvalue weighted by atomic mass is 10.3. The van der Waals surface area contributed by atoms with E-state index in [-0.39, 0.29) is 5.91 Å². The van der Waals surface area contributed by atoms with Crippen LogP contribution in [0.4, 0.5) is 5.82 Å². The fraction of sp³-hybridized carbons (Fsp3) is 0.476. The van der Waals surface area contributed by atoms with Crippen molar-refractivity contribution < 1.29 is 9.21 Å². The van der Waals surface area contributed by atoms with Gasteiger partial charge in [0.1, 0.15) is 5.82 Å². The molecular formula is C21H30N6O2. The molecule has 0 saturated carbocycles. The van der Waals surface area contributed by atoms with Crippen LogP contribution in [0.25, 0.3) is 0 Å². The van der Waals surface area contributed by atoms with Crippen molar-refractivity contribution in [3.8, 4) is 0 Å². The Labute approximate surface area is 172 Å². The molecule has 3 rings (SSSR count). The summed E-state index contributed by atoms with van der Waals surface area (Å²) in [5.74, 6) is 2.19. The highest BCUT2D eigenvalue weighted by Crippen LogP contribution is 2.10. The molecule has 8 heteroatoms. The fourth-order valence-corrected chi connectivity index (χ4v) is 3.21. The standard InChI is InChI=1S/C21H30N6O2/c1-2-22-21(25-12-6-5-11-24-19-9-3-4-10-23-19)27-15-13-26(14-16-27)20(28)18-8-7-17-29-18/h3-4,7-10,17H,2,5-6,11-16H2,1H3,(H,22,25)(H,23,24). The van der Waals surface area contributed by atoms with E-state index in [9.17, 15) is 4.79 Å². The van der Waals surface area contributed by atoms with E-state index in [4.69, 9.17) is 9.41 Å². The summed E-state index contributed by atoms with van der Waals surface area (Å²) in [6.07, 6.45) is 5.36. The van der Waals surface area contributed by atoms with Gasteiger partial charge in [-0.05, 0) is 44.0 Å². The van der Waals surface area contributed by atoms with Gasteiger partial charge in [-0.3, -0.25) is 9.79 Å². The predicted octanol–water partition coefficient (Wildman–Crippen LogP) is 2.29. The quantitative estimate of drug-likeness (QED) is 0.403. The number of aromatic nitrogens is 1. The molecule has 1 fully saturated rings. The summed E-state index contributed by atoms with van der Waals surface area (Å²) in [6.45, 7) is 7.41. The molecule has 0 radical (unpaired) electrons. The second-order valence-corrected chi connectivity index (χ2v) is 6.84. The van der Waals surface area contributed by atoms with Gasteiger partial charge in [-0.2, -0.15) is 0 Å². The van der Waals surface area contributed by atoms with Gasteiger partial charge in [-0.1, -0.05) is 6.07 Å². The number of carbonyl (C=O) groups is 1. The molecule has 29 heavy (non-hydrogen) atoms. The highest BCUT2D eigenvalue weighted by atomic mass is 16.3. The van der Waals surface area contributed by atoms with Crippen molar-refractivity contribution in [1.29, 1.82) is 0 Å². The van der Waals surface area contributed by atoms with Gasteiger partial charge in [0, 0.05) is 52.0 Å². The first-order chi connectivity index (χ1) is 14.3. The minimum absolute atomic E-state index is 0.0444. The molecule has 2 aromatic rings. The van der Waals surface area contributed by atoms with E-state index < -0.39 is 0 Å². The van der Waals surface area contributed by atoms with Gasteiger partial charge in [0.25, 0.3) is 5.91 Å². The zero-order valence-electron chi connectivity index (χ0n) is 17.0. The number of furan rings is 1. The largest absolute Gasteiger partial charge is 0.459 e. The molecule has 1 saturated heterocycles. The number of carbonyl (C=O) groups excluding carboxylic acids is 1. The van der Waals surface area contributed by atoms with E-state index in [0.29, 0.717) is 18.8 Å². The summed E-state index contributed by atoms with van der Waals surface area (Å²) < 4.78 is 5.22. The number of aliphatic imine (C=N–C) groups is 1. The van der Waals surface area contributed by atoms with Crippen LogP contribution in [-0.2, 0) is 0 Å². The maximum absolute atomic E-state index is 12.4. The van der Waals surface area contributed by atoms with E-state index in [1.807, 2.05) is 23.1 Å². The Bertz CT molecular complexity index is 755. The lowest BCUT2D eigenvalue weighted by Gasteiger charge is -2.36. The number of rotatable bonds is 8. The number of unbranched alkanes of at least 4 members (excludes halogenated alkanes) is 1. The Balaban J connectivity index is 1.40. The monoisotopic (exact) mass is 398 g/mol. The third-order valence-corrected chi connectivity index (χ3v) is 4.75. The number of pyridine rings is 1. The first-order valence-electron chi connectivity index (χ1n) is 10.3. The van der Waals surface area contributed by atoms with Crippen LogP contribution in [-0.4, -0.2) is 72.5 Å². The lowest BCUT2D eigenvalue weighted by molar-refractivity contribution is 0.0657. The zero-order chi connectivity index (χ0) is 20.3. The molecule has 8 nitrogen and oxygen atoms in total. The minimum atomic E-state index is -0.0444. The second kappa shape index (κ2) is 11.1. The molecular weight excluding hydrogens is 368 g/mol. The molecule has 0 bridgehead atoms. The van der Waals surface area contributed by atoms with Gasteiger partial charge >= 0.3 is 0 Å². The van der Waals surface area contributed by atoms with Crippen molar-refractivity contribution in [2.24, 2.45) is 4.99 Å². The molecule has 0 spiro atoms. The first-order valence-corrected chi connectivity index (χ1v) is 10.3. The Morgan fingerprint density at radius 3 is 2.66 bits per heavy atom. The summed E-state index contributed by atoms with van der Waals surface area (Å²) in [5.41, 5.74) is 0. The Hall–Kier alpha value is -3.03. The number of nitrogens with zero attached hydrogens (tertiary/aromatic N) is 4. The van der Waals surface area contributed by atoms with Crippen LogP contribution >= 0.6 is 0 Å². The van der Waals surface area contributed by atoms with E-state index >= 15 is 0 Å². The van der Waals surface area contributed by atoms with Gasteiger partial charge in [-0.25, -0.2) is 4.98 Å². The number of anilines is 1. The van der Waals surface area contributed by atoms with Gasteiger partial charge < -0.3 is 24.9 Å². The first kappa shape index (κ1) is 20.7. The number of nitrogens with one attached hydrogen (secondary N) is 2. The van der Waals surface area contributed by atoms with Crippen LogP contribution in [0, 0.1) is 0 Å². The number of piperazine rings is 1. The van der Waals surface area contributed by atoms with Gasteiger partial charge in [-0.15, -0.1) is 0 Å². The molecule has 1 aliphatic heterocycles. The van der Waals surface area contributed by atoms with Crippen LogP contribution in [0.2, 0.25) is 0 Å². The van der Waals surface area contributed by atoms with Crippen molar-refractivity contribution in [3.63, 3.8) is 0 Å². The molecule has 2 N–H and O–H groups in total. The SMILES string of the molecule is CCNC(=NCCCCNc1ccccn1)N1CCN(C(=O)c2ccco2)CC1. The zero-order valence-corrected chi connectivity index (χ0v) is 17.0. The van der Waals surface area contributed by atoms with Crippen LogP contribution in [0.15, 0.2) is 52.2 Å². The molecule has 0 atom stereocenters. The number of amides is 1. The van der Waals surface area contributed by atoms with Crippen LogP contribution < -0.4 is 10.6 Å². The Morgan fingerprint density at radius 1 is 1.14 bits per heavy atom. The number of hydrogen-bond donors (Lipinski definition) is 2. The van der Waals surface area contributed by atoms with Crippen LogP contribution in [0.5, 0.6) is 0 Å². The van der Waals surface area contributed by atoms with Crippen LogP contribution in [0.3, 0.4) is 0 Å². The molecule has 0 aliphatic carbocycles. The number of guanidine groups is 1. The van der Waals surface area contributed by atoms with Crippen LogP contribution in [0.1, 0.15) is 30.3 Å². The van der Waals surface area contributed by atoms with Crippen molar-refractivity contribution in [2.45, 2.75) is 19.8 Å². The molecule has 0 unspecified atom stereocenters. The summed E-state index contributed by atoms with van der Waals surface area (Å²) in [7, 11) is 0. The van der Waals surface area contributed by atoms with E-state index in [1.165, 1.54) is 6.26 Å². The molecule has 1 aliphatic rings. The summed E-state index contributed by atoms with van der Waals surface area (Å²) in [4.78, 5) is 25.5. The molecule has 0 aromatic carbocycles. The maximum Gasteiger partial charge on any atom is 0.289 e. The molecule has 2 aromatic heterocycles. The highest BCUT2D eigenvalue weighted by molar-refractivity contribution is 5.91. The Kier molecular flexibility index (Phi) is 7.91. The second-order valence-electron chi connectivity index (χ2n) is 6.84. The summed E-state index contributed by atoms with van der Waals surface area (Å²) >= 11 is 0.